The summed E-state index contributed by atoms with van der Waals surface area (Å²) in [6, 6.07) is 0. The van der Waals surface area contributed by atoms with Crippen molar-refractivity contribution in [1.29, 1.82) is 0 Å². The van der Waals surface area contributed by atoms with Crippen molar-refractivity contribution in [3.05, 3.63) is 19.2 Å². The third-order valence-electron chi connectivity index (χ3n) is 0.840. The summed E-state index contributed by atoms with van der Waals surface area (Å²) in [4.78, 5) is 0. The fraction of sp³-hybridized carbons (Fsp3) is 0.571. The lowest BCUT2D eigenvalue weighted by Crippen LogP contribution is -2.08. The topological polar surface area (TPSA) is 12.0 Å². The molecule has 0 rings (SSSR count). The number of rotatable bonds is 5. The van der Waals surface area contributed by atoms with Crippen molar-refractivity contribution in [3.8, 4) is 0 Å². The molecule has 0 saturated carbocycles. The van der Waals surface area contributed by atoms with E-state index in [-0.39, 0.29) is 0 Å². The second-order valence-corrected chi connectivity index (χ2v) is 1.69. The van der Waals surface area contributed by atoms with Crippen LogP contribution in [0, 0.1) is 6.54 Å². The van der Waals surface area contributed by atoms with E-state index in [0.717, 1.165) is 13.0 Å². The molecular formula is C7H14N. The van der Waals surface area contributed by atoms with Crippen LogP contribution in [-0.4, -0.2) is 6.54 Å². The Kier molecular flexibility index (Phi) is 6.45. The van der Waals surface area contributed by atoms with Crippen molar-refractivity contribution in [2.24, 2.45) is 0 Å². The molecule has 0 atom stereocenters. The molecule has 0 heterocycles. The number of unbranched alkanes of at least 4 members (excludes halogenated alkanes) is 1. The summed E-state index contributed by atoms with van der Waals surface area (Å²) in [7, 11) is 0. The second kappa shape index (κ2) is 6.70. The minimum atomic E-state index is 0.889. The zero-order chi connectivity index (χ0) is 6.24. The van der Waals surface area contributed by atoms with Gasteiger partial charge in [-0.2, -0.15) is 0 Å². The molecule has 8 heavy (non-hydrogen) atoms. The van der Waals surface area contributed by atoms with Crippen LogP contribution in [0.25, 0.3) is 0 Å². The van der Waals surface area contributed by atoms with Crippen LogP contribution in [0.15, 0.2) is 12.7 Å². The zero-order valence-electron chi connectivity index (χ0n) is 5.48. The molecule has 1 radical (unpaired) electrons. The largest absolute Gasteiger partial charge is 0.309 e. The van der Waals surface area contributed by atoms with Gasteiger partial charge >= 0.3 is 0 Å². The van der Waals surface area contributed by atoms with Gasteiger partial charge in [0.05, 0.1) is 0 Å². The van der Waals surface area contributed by atoms with E-state index >= 15 is 0 Å². The summed E-state index contributed by atoms with van der Waals surface area (Å²) >= 11 is 0. The third kappa shape index (κ3) is 5.70. The van der Waals surface area contributed by atoms with Gasteiger partial charge in [-0.15, -0.1) is 6.58 Å². The molecule has 0 spiro atoms. The smallest absolute Gasteiger partial charge is 0.0224 e. The third-order valence-corrected chi connectivity index (χ3v) is 0.840. The molecule has 1 heteroatoms. The molecule has 47 valence electrons. The van der Waals surface area contributed by atoms with Crippen molar-refractivity contribution in [3.63, 3.8) is 0 Å². The van der Waals surface area contributed by atoms with Gasteiger partial charge in [0, 0.05) is 13.1 Å². The van der Waals surface area contributed by atoms with E-state index < -0.39 is 0 Å². The van der Waals surface area contributed by atoms with E-state index in [2.05, 4.69) is 25.4 Å². The van der Waals surface area contributed by atoms with Gasteiger partial charge < -0.3 is 5.32 Å². The van der Waals surface area contributed by atoms with Gasteiger partial charge in [0.25, 0.3) is 0 Å². The van der Waals surface area contributed by atoms with E-state index in [1.54, 1.807) is 0 Å². The van der Waals surface area contributed by atoms with Crippen LogP contribution in [0.2, 0.25) is 0 Å². The predicted octanol–water partition coefficient (Wildman–Crippen LogP) is 1.72. The Hall–Kier alpha value is -0.300. The number of hydrogen-bond donors (Lipinski definition) is 1. The van der Waals surface area contributed by atoms with Crippen molar-refractivity contribution >= 4 is 0 Å². The number of nitrogens with one attached hydrogen (secondary N) is 1. The van der Waals surface area contributed by atoms with Crippen LogP contribution in [0.1, 0.15) is 19.8 Å². The molecule has 1 nitrogen and oxygen atoms in total. The average molecular weight is 112 g/mol. The Balaban J connectivity index is 2.62. The standard InChI is InChI=1S/C7H14N/c1-3-5-7-8-6-4-2/h4,7-8H,2-3,5-6H2,1H3. The van der Waals surface area contributed by atoms with E-state index in [1.807, 2.05) is 6.08 Å². The van der Waals surface area contributed by atoms with E-state index in [0.29, 0.717) is 0 Å². The van der Waals surface area contributed by atoms with Gasteiger partial charge in [0.2, 0.25) is 0 Å². The summed E-state index contributed by atoms with van der Waals surface area (Å²) in [6.45, 7) is 8.69. The van der Waals surface area contributed by atoms with Gasteiger partial charge in [-0.3, -0.25) is 0 Å². The fourth-order valence-electron chi connectivity index (χ4n) is 0.413. The molecule has 0 aliphatic carbocycles. The average Bonchev–Trinajstić information content (AvgIpc) is 1.81. The monoisotopic (exact) mass is 112 g/mol. The minimum absolute atomic E-state index is 0.889. The quantitative estimate of drug-likeness (QED) is 0.422. The van der Waals surface area contributed by atoms with Crippen LogP contribution in [0.3, 0.4) is 0 Å². The maximum Gasteiger partial charge on any atom is 0.0224 e. The Labute approximate surface area is 51.8 Å². The molecule has 0 saturated heterocycles. The molecule has 0 fully saturated rings. The summed E-state index contributed by atoms with van der Waals surface area (Å²) in [6.07, 6.45) is 4.21. The van der Waals surface area contributed by atoms with Gasteiger partial charge in [-0.05, 0) is 6.42 Å². The van der Waals surface area contributed by atoms with Crippen LogP contribution < -0.4 is 5.32 Å². The second-order valence-electron chi connectivity index (χ2n) is 1.69. The van der Waals surface area contributed by atoms with Crippen molar-refractivity contribution < 1.29 is 0 Å². The van der Waals surface area contributed by atoms with E-state index in [4.69, 9.17) is 0 Å². The molecule has 1 N–H and O–H groups in total. The first-order valence-corrected chi connectivity index (χ1v) is 3.07. The molecule has 0 aromatic heterocycles. The van der Waals surface area contributed by atoms with Gasteiger partial charge in [-0.1, -0.05) is 19.4 Å². The SMILES string of the molecule is C=CCN[CH]CCC. The first kappa shape index (κ1) is 7.70. The lowest BCUT2D eigenvalue weighted by molar-refractivity contribution is 0.776. The van der Waals surface area contributed by atoms with Crippen LogP contribution >= 0.6 is 0 Å². The van der Waals surface area contributed by atoms with Gasteiger partial charge in [0.15, 0.2) is 0 Å². The summed E-state index contributed by atoms with van der Waals surface area (Å²) in [5.74, 6) is 0. The Bertz CT molecular complexity index is 50.3. The highest BCUT2D eigenvalue weighted by Gasteiger charge is 1.79. The van der Waals surface area contributed by atoms with E-state index in [1.165, 1.54) is 6.42 Å². The first-order chi connectivity index (χ1) is 3.91. The molecule has 0 amide bonds. The highest BCUT2D eigenvalue weighted by atomic mass is 14.8. The number of hydrogen-bond acceptors (Lipinski definition) is 1. The molecule has 0 bridgehead atoms. The molecule has 0 aromatic rings. The van der Waals surface area contributed by atoms with E-state index in [9.17, 15) is 0 Å². The summed E-state index contributed by atoms with van der Waals surface area (Å²) in [5.41, 5.74) is 0. The van der Waals surface area contributed by atoms with Crippen LogP contribution in [0.5, 0.6) is 0 Å². The molecule has 0 aliphatic heterocycles. The highest BCUT2D eigenvalue weighted by Crippen LogP contribution is 1.86. The zero-order valence-corrected chi connectivity index (χ0v) is 5.48. The molecule has 0 aromatic carbocycles. The van der Waals surface area contributed by atoms with Crippen molar-refractivity contribution in [2.45, 2.75) is 19.8 Å². The summed E-state index contributed by atoms with van der Waals surface area (Å²) in [5, 5.41) is 3.09. The maximum absolute atomic E-state index is 3.58. The fourth-order valence-corrected chi connectivity index (χ4v) is 0.413. The Morgan fingerprint density at radius 3 is 2.88 bits per heavy atom. The summed E-state index contributed by atoms with van der Waals surface area (Å²) < 4.78 is 0. The van der Waals surface area contributed by atoms with Gasteiger partial charge in [0.1, 0.15) is 0 Å². The van der Waals surface area contributed by atoms with Crippen LogP contribution in [0.4, 0.5) is 0 Å². The first-order valence-electron chi connectivity index (χ1n) is 3.07. The predicted molar refractivity (Wildman–Crippen MR) is 37.4 cm³/mol. The maximum atomic E-state index is 3.58. The highest BCUT2D eigenvalue weighted by molar-refractivity contribution is 4.73. The molecule has 0 unspecified atom stereocenters. The van der Waals surface area contributed by atoms with Crippen molar-refractivity contribution in [2.75, 3.05) is 6.54 Å². The molecule has 0 aliphatic rings. The Morgan fingerprint density at radius 2 is 2.38 bits per heavy atom. The normalized spacial score (nSPS) is 9.12. The molecular weight excluding hydrogens is 98.1 g/mol. The van der Waals surface area contributed by atoms with Crippen LogP contribution in [-0.2, 0) is 0 Å². The van der Waals surface area contributed by atoms with Crippen molar-refractivity contribution in [1.82, 2.24) is 5.32 Å². The lowest BCUT2D eigenvalue weighted by Gasteiger charge is -1.95. The Morgan fingerprint density at radius 1 is 1.62 bits per heavy atom. The van der Waals surface area contributed by atoms with Gasteiger partial charge in [-0.25, -0.2) is 0 Å². The minimum Gasteiger partial charge on any atom is -0.309 e. The lowest BCUT2D eigenvalue weighted by atomic mass is 10.3.